The summed E-state index contributed by atoms with van der Waals surface area (Å²) in [5, 5.41) is 2.69. The summed E-state index contributed by atoms with van der Waals surface area (Å²) in [5.74, 6) is 0.134. The summed E-state index contributed by atoms with van der Waals surface area (Å²) in [6.45, 7) is -0.223. The van der Waals surface area contributed by atoms with Gasteiger partial charge in [-0.25, -0.2) is 9.18 Å². The predicted octanol–water partition coefficient (Wildman–Crippen LogP) is 2.12. The number of nitrogens with zero attached hydrogens (tertiary/aromatic N) is 1. The summed E-state index contributed by atoms with van der Waals surface area (Å²) >= 11 is 0. The maximum atomic E-state index is 13.2. The van der Waals surface area contributed by atoms with Crippen LogP contribution in [0.2, 0.25) is 0 Å². The fourth-order valence-electron chi connectivity index (χ4n) is 2.53. The van der Waals surface area contributed by atoms with Gasteiger partial charge in [0, 0.05) is 6.07 Å². The second-order valence-corrected chi connectivity index (χ2v) is 5.29. The molecule has 3 aromatic rings. The van der Waals surface area contributed by atoms with Crippen LogP contribution in [-0.4, -0.2) is 29.7 Å². The first-order chi connectivity index (χ1) is 12.0. The van der Waals surface area contributed by atoms with Gasteiger partial charge in [0.05, 0.1) is 30.9 Å². The van der Waals surface area contributed by atoms with Crippen molar-refractivity contribution in [3.8, 4) is 11.5 Å². The summed E-state index contributed by atoms with van der Waals surface area (Å²) in [6, 6.07) is 8.84. The molecule has 0 unspecified atom stereocenters. The van der Waals surface area contributed by atoms with E-state index in [1.54, 1.807) is 18.2 Å². The van der Waals surface area contributed by atoms with Gasteiger partial charge in [0.1, 0.15) is 23.9 Å². The zero-order chi connectivity index (χ0) is 18.0. The second kappa shape index (κ2) is 6.68. The Bertz CT molecular complexity index is 993. The number of anilines is 1. The minimum absolute atomic E-state index is 0.223. The molecule has 3 rings (SSSR count). The van der Waals surface area contributed by atoms with E-state index < -0.39 is 17.4 Å². The Balaban J connectivity index is 1.84. The number of hydrogen-bond donors (Lipinski definition) is 2. The van der Waals surface area contributed by atoms with Gasteiger partial charge in [-0.15, -0.1) is 0 Å². The maximum Gasteiger partial charge on any atom is 0.326 e. The van der Waals surface area contributed by atoms with Crippen LogP contribution in [0.25, 0.3) is 11.0 Å². The average molecular weight is 345 g/mol. The largest absolute Gasteiger partial charge is 0.497 e. The highest BCUT2D eigenvalue weighted by molar-refractivity contribution is 5.93. The van der Waals surface area contributed by atoms with Crippen LogP contribution in [-0.2, 0) is 11.3 Å². The number of carbonyl (C=O) groups is 1. The third-order valence-electron chi connectivity index (χ3n) is 3.72. The molecule has 0 radical (unpaired) electrons. The van der Waals surface area contributed by atoms with Gasteiger partial charge in [-0.1, -0.05) is 0 Å². The Morgan fingerprint density at radius 2 is 2.00 bits per heavy atom. The van der Waals surface area contributed by atoms with Gasteiger partial charge in [0.2, 0.25) is 5.91 Å². The number of methoxy groups -OCH3 is 2. The first-order valence-corrected chi connectivity index (χ1v) is 7.42. The van der Waals surface area contributed by atoms with Gasteiger partial charge in [-0.3, -0.25) is 9.36 Å². The van der Waals surface area contributed by atoms with E-state index >= 15 is 0 Å². The quantitative estimate of drug-likeness (QED) is 0.742. The molecule has 8 heteroatoms. The Kier molecular flexibility index (Phi) is 4.42. The number of H-pyrrole nitrogens is 1. The zero-order valence-corrected chi connectivity index (χ0v) is 13.6. The standard InChI is InChI=1S/C17H16FN3O4/c1-24-11-4-5-12(15(8-11)25-2)19-16(22)9-21-14-6-3-10(18)7-13(14)20-17(21)23/h3-8H,9H2,1-2H3,(H,19,22)(H,20,23). The summed E-state index contributed by atoms with van der Waals surface area (Å²) in [4.78, 5) is 26.8. The van der Waals surface area contributed by atoms with Crippen LogP contribution in [0.1, 0.15) is 0 Å². The van der Waals surface area contributed by atoms with Crippen molar-refractivity contribution in [3.63, 3.8) is 0 Å². The third kappa shape index (κ3) is 3.32. The van der Waals surface area contributed by atoms with Crippen molar-refractivity contribution in [1.82, 2.24) is 9.55 Å². The van der Waals surface area contributed by atoms with Crippen LogP contribution in [0.15, 0.2) is 41.2 Å². The van der Waals surface area contributed by atoms with Gasteiger partial charge in [-0.05, 0) is 30.3 Å². The highest BCUT2D eigenvalue weighted by atomic mass is 19.1. The molecular formula is C17H16FN3O4. The average Bonchev–Trinajstić information content (AvgIpc) is 2.89. The van der Waals surface area contributed by atoms with Crippen molar-refractivity contribution >= 4 is 22.6 Å². The smallest absolute Gasteiger partial charge is 0.326 e. The first-order valence-electron chi connectivity index (χ1n) is 7.42. The summed E-state index contributed by atoms with van der Waals surface area (Å²) in [5.41, 5.74) is 0.743. The summed E-state index contributed by atoms with van der Waals surface area (Å²) in [6.07, 6.45) is 0. The Morgan fingerprint density at radius 1 is 1.20 bits per heavy atom. The predicted molar refractivity (Wildman–Crippen MR) is 90.7 cm³/mol. The van der Waals surface area contributed by atoms with E-state index in [0.717, 1.165) is 0 Å². The molecular weight excluding hydrogens is 329 g/mol. The van der Waals surface area contributed by atoms with E-state index in [-0.39, 0.29) is 6.54 Å². The van der Waals surface area contributed by atoms with E-state index in [4.69, 9.17) is 9.47 Å². The molecule has 1 heterocycles. The number of halogens is 1. The molecule has 0 atom stereocenters. The molecule has 1 aromatic heterocycles. The SMILES string of the molecule is COc1ccc(NC(=O)Cn2c(=O)[nH]c3cc(F)ccc32)c(OC)c1. The lowest BCUT2D eigenvalue weighted by Crippen LogP contribution is -2.26. The monoisotopic (exact) mass is 345 g/mol. The van der Waals surface area contributed by atoms with Crippen LogP contribution in [0.4, 0.5) is 10.1 Å². The molecule has 0 aliphatic rings. The maximum absolute atomic E-state index is 13.2. The number of imidazole rings is 1. The molecule has 2 N–H and O–H groups in total. The molecule has 0 spiro atoms. The van der Waals surface area contributed by atoms with Crippen LogP contribution in [0.3, 0.4) is 0 Å². The van der Waals surface area contributed by atoms with E-state index in [0.29, 0.717) is 28.2 Å². The van der Waals surface area contributed by atoms with Crippen molar-refractivity contribution < 1.29 is 18.7 Å². The third-order valence-corrected chi connectivity index (χ3v) is 3.72. The molecule has 130 valence electrons. The zero-order valence-electron chi connectivity index (χ0n) is 13.6. The first kappa shape index (κ1) is 16.6. The van der Waals surface area contributed by atoms with E-state index in [1.165, 1.54) is 37.0 Å². The summed E-state index contributed by atoms with van der Waals surface area (Å²) in [7, 11) is 3.00. The molecule has 0 aliphatic carbocycles. The van der Waals surface area contributed by atoms with Crippen molar-refractivity contribution in [3.05, 3.63) is 52.7 Å². The number of fused-ring (bicyclic) bond motifs is 1. The lowest BCUT2D eigenvalue weighted by atomic mass is 10.2. The fraction of sp³-hybridized carbons (Fsp3) is 0.176. The molecule has 2 aromatic carbocycles. The highest BCUT2D eigenvalue weighted by Crippen LogP contribution is 2.29. The van der Waals surface area contributed by atoms with Crippen LogP contribution < -0.4 is 20.5 Å². The molecule has 0 fully saturated rings. The lowest BCUT2D eigenvalue weighted by molar-refractivity contribution is -0.116. The Morgan fingerprint density at radius 3 is 2.72 bits per heavy atom. The van der Waals surface area contributed by atoms with Gasteiger partial charge < -0.3 is 19.8 Å². The van der Waals surface area contributed by atoms with E-state index in [1.807, 2.05) is 0 Å². The molecule has 0 bridgehead atoms. The highest BCUT2D eigenvalue weighted by Gasteiger charge is 2.13. The molecule has 0 saturated carbocycles. The summed E-state index contributed by atoms with van der Waals surface area (Å²) < 4.78 is 24.8. The number of aromatic nitrogens is 2. The number of nitrogens with one attached hydrogen (secondary N) is 2. The van der Waals surface area contributed by atoms with E-state index in [2.05, 4.69) is 10.3 Å². The van der Waals surface area contributed by atoms with Crippen molar-refractivity contribution in [2.75, 3.05) is 19.5 Å². The van der Waals surface area contributed by atoms with Gasteiger partial charge >= 0.3 is 5.69 Å². The normalized spacial score (nSPS) is 10.7. The second-order valence-electron chi connectivity index (χ2n) is 5.29. The number of hydrogen-bond acceptors (Lipinski definition) is 4. The van der Waals surface area contributed by atoms with E-state index in [9.17, 15) is 14.0 Å². The van der Waals surface area contributed by atoms with Crippen LogP contribution in [0, 0.1) is 5.82 Å². The molecule has 25 heavy (non-hydrogen) atoms. The Hall–Kier alpha value is -3.29. The molecule has 1 amide bonds. The van der Waals surface area contributed by atoms with Crippen LogP contribution >= 0.6 is 0 Å². The van der Waals surface area contributed by atoms with Crippen molar-refractivity contribution in [2.24, 2.45) is 0 Å². The number of amides is 1. The molecule has 7 nitrogen and oxygen atoms in total. The lowest BCUT2D eigenvalue weighted by Gasteiger charge is -2.12. The Labute approximate surface area is 142 Å². The van der Waals surface area contributed by atoms with Crippen molar-refractivity contribution in [2.45, 2.75) is 6.54 Å². The van der Waals surface area contributed by atoms with Gasteiger partial charge in [-0.2, -0.15) is 0 Å². The minimum atomic E-state index is -0.488. The topological polar surface area (TPSA) is 85.4 Å². The van der Waals surface area contributed by atoms with Gasteiger partial charge in [0.25, 0.3) is 0 Å². The molecule has 0 saturated heterocycles. The van der Waals surface area contributed by atoms with Crippen LogP contribution in [0.5, 0.6) is 11.5 Å². The minimum Gasteiger partial charge on any atom is -0.497 e. The van der Waals surface area contributed by atoms with Crippen molar-refractivity contribution in [1.29, 1.82) is 0 Å². The van der Waals surface area contributed by atoms with Gasteiger partial charge in [0.15, 0.2) is 0 Å². The molecule has 0 aliphatic heterocycles. The number of benzene rings is 2. The number of ether oxygens (including phenoxy) is 2. The number of rotatable bonds is 5. The number of carbonyl (C=O) groups excluding carboxylic acids is 1. The fourth-order valence-corrected chi connectivity index (χ4v) is 2.53. The number of aromatic amines is 1.